The summed E-state index contributed by atoms with van der Waals surface area (Å²) in [5, 5.41) is 0.830. The monoisotopic (exact) mass is 155 g/mol. The zero-order chi connectivity index (χ0) is 7.56. The van der Waals surface area contributed by atoms with Crippen LogP contribution in [-0.2, 0) is 0 Å². The molecule has 0 spiro atoms. The molecule has 1 aliphatic rings. The molecule has 0 fully saturated rings. The van der Waals surface area contributed by atoms with E-state index in [1.54, 1.807) is 0 Å². The summed E-state index contributed by atoms with van der Waals surface area (Å²) in [5.74, 6) is 0.291. The Labute approximate surface area is 65.9 Å². The van der Waals surface area contributed by atoms with E-state index in [4.69, 9.17) is 17.3 Å². The standard InChI is InChI=1S/C8H10ClN/c1-6-2-3-7(10)4-5-8(6)9/h2-6H,10H2,1H3. The van der Waals surface area contributed by atoms with Gasteiger partial charge in [-0.1, -0.05) is 24.6 Å². The molecule has 1 rings (SSSR count). The van der Waals surface area contributed by atoms with Crippen LogP contribution in [0.25, 0.3) is 0 Å². The molecule has 1 unspecified atom stereocenters. The fraction of sp³-hybridized carbons (Fsp3) is 0.250. The van der Waals surface area contributed by atoms with Crippen molar-refractivity contribution < 1.29 is 0 Å². The third kappa shape index (κ3) is 1.64. The quantitative estimate of drug-likeness (QED) is 0.570. The van der Waals surface area contributed by atoms with Gasteiger partial charge in [0.2, 0.25) is 0 Å². The Morgan fingerprint density at radius 2 is 2.20 bits per heavy atom. The van der Waals surface area contributed by atoms with Gasteiger partial charge >= 0.3 is 0 Å². The van der Waals surface area contributed by atoms with Gasteiger partial charge in [0.05, 0.1) is 0 Å². The summed E-state index contributed by atoms with van der Waals surface area (Å²) in [6, 6.07) is 0. The van der Waals surface area contributed by atoms with Crippen molar-refractivity contribution in [1.29, 1.82) is 0 Å². The SMILES string of the molecule is CC1C=CC(N)=CC=C1Cl. The molecule has 2 heteroatoms. The van der Waals surface area contributed by atoms with Crippen LogP contribution >= 0.6 is 11.6 Å². The smallest absolute Gasteiger partial charge is 0.0311 e. The Balaban J connectivity index is 2.88. The van der Waals surface area contributed by atoms with Crippen LogP contribution in [0.2, 0.25) is 0 Å². The number of hydrogen-bond acceptors (Lipinski definition) is 1. The summed E-state index contributed by atoms with van der Waals surface area (Å²) in [7, 11) is 0. The van der Waals surface area contributed by atoms with E-state index in [1.807, 2.05) is 31.2 Å². The molecule has 2 N–H and O–H groups in total. The predicted molar refractivity (Wildman–Crippen MR) is 44.5 cm³/mol. The minimum absolute atomic E-state index is 0.291. The first kappa shape index (κ1) is 7.42. The lowest BCUT2D eigenvalue weighted by atomic mass is 10.1. The van der Waals surface area contributed by atoms with E-state index in [2.05, 4.69) is 0 Å². The van der Waals surface area contributed by atoms with Gasteiger partial charge in [-0.05, 0) is 18.2 Å². The lowest BCUT2D eigenvalue weighted by Gasteiger charge is -1.99. The maximum absolute atomic E-state index is 5.85. The second-order valence-corrected chi connectivity index (χ2v) is 2.80. The highest BCUT2D eigenvalue weighted by Gasteiger charge is 2.02. The van der Waals surface area contributed by atoms with Crippen molar-refractivity contribution in [1.82, 2.24) is 0 Å². The predicted octanol–water partition coefficient (Wildman–Crippen LogP) is 2.16. The molecule has 10 heavy (non-hydrogen) atoms. The molecule has 54 valence electrons. The molecule has 0 heterocycles. The molecular weight excluding hydrogens is 146 g/mol. The molecule has 0 radical (unpaired) electrons. The lowest BCUT2D eigenvalue weighted by Crippen LogP contribution is -1.90. The third-order valence-electron chi connectivity index (χ3n) is 1.45. The van der Waals surface area contributed by atoms with Crippen LogP contribution in [0, 0.1) is 5.92 Å². The molecule has 0 bridgehead atoms. The van der Waals surface area contributed by atoms with E-state index in [0.717, 1.165) is 10.7 Å². The summed E-state index contributed by atoms with van der Waals surface area (Å²) in [6.07, 6.45) is 7.50. The van der Waals surface area contributed by atoms with Gasteiger partial charge in [0.15, 0.2) is 0 Å². The third-order valence-corrected chi connectivity index (χ3v) is 1.92. The van der Waals surface area contributed by atoms with Crippen molar-refractivity contribution >= 4 is 11.6 Å². The van der Waals surface area contributed by atoms with Gasteiger partial charge in [-0.25, -0.2) is 0 Å². The second kappa shape index (κ2) is 2.93. The number of nitrogens with two attached hydrogens (primary N) is 1. The average molecular weight is 156 g/mol. The topological polar surface area (TPSA) is 26.0 Å². The maximum Gasteiger partial charge on any atom is 0.0311 e. The molecule has 1 nitrogen and oxygen atoms in total. The second-order valence-electron chi connectivity index (χ2n) is 2.37. The van der Waals surface area contributed by atoms with Crippen molar-refractivity contribution in [3.05, 3.63) is 35.0 Å². The fourth-order valence-electron chi connectivity index (χ4n) is 0.731. The Bertz CT molecular complexity index is 213. The van der Waals surface area contributed by atoms with Crippen LogP contribution < -0.4 is 5.73 Å². The van der Waals surface area contributed by atoms with Gasteiger partial charge in [-0.15, -0.1) is 0 Å². The minimum Gasteiger partial charge on any atom is -0.399 e. The maximum atomic E-state index is 5.85. The van der Waals surface area contributed by atoms with Crippen molar-refractivity contribution in [3.8, 4) is 0 Å². The molecular formula is C8H10ClN. The van der Waals surface area contributed by atoms with Crippen LogP contribution in [0.3, 0.4) is 0 Å². The zero-order valence-corrected chi connectivity index (χ0v) is 6.60. The minimum atomic E-state index is 0.291. The van der Waals surface area contributed by atoms with Crippen molar-refractivity contribution in [2.75, 3.05) is 0 Å². The number of rotatable bonds is 0. The molecule has 0 saturated carbocycles. The van der Waals surface area contributed by atoms with Gasteiger partial charge in [-0.3, -0.25) is 0 Å². The van der Waals surface area contributed by atoms with E-state index in [0.29, 0.717) is 5.92 Å². The normalized spacial score (nSPS) is 25.2. The fourth-order valence-corrected chi connectivity index (χ4v) is 0.866. The van der Waals surface area contributed by atoms with Gasteiger partial charge in [0.1, 0.15) is 0 Å². The zero-order valence-electron chi connectivity index (χ0n) is 5.84. The first-order valence-electron chi connectivity index (χ1n) is 3.21. The lowest BCUT2D eigenvalue weighted by molar-refractivity contribution is 0.920. The summed E-state index contributed by atoms with van der Waals surface area (Å²) in [6.45, 7) is 2.03. The largest absolute Gasteiger partial charge is 0.399 e. The highest BCUT2D eigenvalue weighted by atomic mass is 35.5. The van der Waals surface area contributed by atoms with Crippen LogP contribution in [0.1, 0.15) is 6.92 Å². The summed E-state index contributed by atoms with van der Waals surface area (Å²) >= 11 is 5.85. The average Bonchev–Trinajstić information content (AvgIpc) is 2.04. The van der Waals surface area contributed by atoms with Crippen molar-refractivity contribution in [2.24, 2.45) is 11.7 Å². The van der Waals surface area contributed by atoms with Gasteiger partial charge in [-0.2, -0.15) is 0 Å². The molecule has 0 aromatic carbocycles. The van der Waals surface area contributed by atoms with E-state index in [1.165, 1.54) is 0 Å². The Morgan fingerprint density at radius 1 is 1.50 bits per heavy atom. The molecule has 0 amide bonds. The van der Waals surface area contributed by atoms with Gasteiger partial charge in [0.25, 0.3) is 0 Å². The first-order chi connectivity index (χ1) is 4.70. The number of allylic oxidation sites excluding steroid dienone is 5. The van der Waals surface area contributed by atoms with Crippen LogP contribution in [0.5, 0.6) is 0 Å². The molecule has 0 saturated heterocycles. The van der Waals surface area contributed by atoms with Gasteiger partial charge < -0.3 is 5.73 Å². The molecule has 1 atom stereocenters. The highest BCUT2D eigenvalue weighted by molar-refractivity contribution is 6.30. The van der Waals surface area contributed by atoms with Crippen LogP contribution in [0.4, 0.5) is 0 Å². The number of hydrogen-bond donors (Lipinski definition) is 1. The van der Waals surface area contributed by atoms with E-state index in [-0.39, 0.29) is 0 Å². The summed E-state index contributed by atoms with van der Waals surface area (Å²) < 4.78 is 0. The van der Waals surface area contributed by atoms with Gasteiger partial charge in [0, 0.05) is 16.6 Å². The van der Waals surface area contributed by atoms with E-state index >= 15 is 0 Å². The summed E-state index contributed by atoms with van der Waals surface area (Å²) in [4.78, 5) is 0. The van der Waals surface area contributed by atoms with E-state index in [9.17, 15) is 0 Å². The van der Waals surface area contributed by atoms with Crippen molar-refractivity contribution in [3.63, 3.8) is 0 Å². The molecule has 0 aliphatic heterocycles. The molecule has 0 aromatic heterocycles. The molecule has 0 aromatic rings. The Hall–Kier alpha value is -0.690. The van der Waals surface area contributed by atoms with E-state index < -0.39 is 0 Å². The Kier molecular flexibility index (Phi) is 2.17. The molecule has 1 aliphatic carbocycles. The Morgan fingerprint density at radius 3 is 2.90 bits per heavy atom. The first-order valence-corrected chi connectivity index (χ1v) is 3.59. The summed E-state index contributed by atoms with van der Waals surface area (Å²) in [5.41, 5.74) is 6.28. The highest BCUT2D eigenvalue weighted by Crippen LogP contribution is 2.19. The number of halogens is 1. The van der Waals surface area contributed by atoms with Crippen LogP contribution in [-0.4, -0.2) is 0 Å². The van der Waals surface area contributed by atoms with Crippen LogP contribution in [0.15, 0.2) is 35.0 Å². The van der Waals surface area contributed by atoms with Crippen molar-refractivity contribution in [2.45, 2.75) is 6.92 Å².